The van der Waals surface area contributed by atoms with E-state index in [1.54, 1.807) is 0 Å². The van der Waals surface area contributed by atoms with E-state index >= 15 is 0 Å². The van der Waals surface area contributed by atoms with Gasteiger partial charge >= 0.3 is 0 Å². The van der Waals surface area contributed by atoms with Crippen molar-refractivity contribution in [3.05, 3.63) is 42.6 Å². The van der Waals surface area contributed by atoms with Crippen molar-refractivity contribution in [1.29, 1.82) is 0 Å². The number of benzene rings is 1. The number of pyridine rings is 1. The third-order valence-corrected chi connectivity index (χ3v) is 6.12. The molecular formula is C23H31N2+. The lowest BCUT2D eigenvalue weighted by atomic mass is 9.85. The number of rotatable bonds is 6. The fourth-order valence-corrected chi connectivity index (χ4v) is 4.78. The Balaban J connectivity index is 1.44. The van der Waals surface area contributed by atoms with Gasteiger partial charge in [0.1, 0.15) is 12.6 Å². The van der Waals surface area contributed by atoms with E-state index in [2.05, 4.69) is 58.8 Å². The van der Waals surface area contributed by atoms with Crippen molar-refractivity contribution in [2.75, 3.05) is 0 Å². The Labute approximate surface area is 151 Å². The first-order valence-electron chi connectivity index (χ1n) is 10.2. The van der Waals surface area contributed by atoms with E-state index in [4.69, 9.17) is 0 Å². The Morgan fingerprint density at radius 3 is 2.60 bits per heavy atom. The monoisotopic (exact) mass is 335 g/mol. The number of para-hydroxylation sites is 1. The smallest absolute Gasteiger partial charge is 0.238 e. The van der Waals surface area contributed by atoms with Crippen LogP contribution in [0.25, 0.3) is 21.9 Å². The van der Waals surface area contributed by atoms with Crippen LogP contribution in [0.1, 0.15) is 57.8 Å². The zero-order valence-electron chi connectivity index (χ0n) is 15.6. The van der Waals surface area contributed by atoms with Crippen LogP contribution in [0.3, 0.4) is 0 Å². The van der Waals surface area contributed by atoms with Gasteiger partial charge in [0.05, 0.1) is 10.9 Å². The van der Waals surface area contributed by atoms with Crippen LogP contribution < -0.4 is 4.57 Å². The van der Waals surface area contributed by atoms with E-state index < -0.39 is 0 Å². The predicted molar refractivity (Wildman–Crippen MR) is 106 cm³/mol. The second-order valence-electron chi connectivity index (χ2n) is 7.88. The summed E-state index contributed by atoms with van der Waals surface area (Å²) in [5, 5.41) is 1.38. The summed E-state index contributed by atoms with van der Waals surface area (Å²) in [5.74, 6) is 1.03. The molecule has 1 aliphatic rings. The largest absolute Gasteiger partial charge is 0.335 e. The zero-order valence-corrected chi connectivity index (χ0v) is 15.6. The zero-order chi connectivity index (χ0) is 17.1. The Morgan fingerprint density at radius 1 is 0.920 bits per heavy atom. The van der Waals surface area contributed by atoms with Crippen LogP contribution >= 0.6 is 0 Å². The highest BCUT2D eigenvalue weighted by Crippen LogP contribution is 2.29. The standard InChI is InChI=1S/C23H31N2/c1-24-17-10-16-22-23(24)20-14-7-8-15-21(20)25(22)18-9-3-6-13-19-11-4-2-5-12-19/h7-8,10,14-17,19H,2-6,9,11-13,18H2,1H3/q+1. The molecule has 2 aromatic heterocycles. The second kappa shape index (κ2) is 7.59. The Kier molecular flexibility index (Phi) is 5.05. The molecule has 4 rings (SSSR count). The summed E-state index contributed by atoms with van der Waals surface area (Å²) in [4.78, 5) is 0. The summed E-state index contributed by atoms with van der Waals surface area (Å²) < 4.78 is 4.79. The van der Waals surface area contributed by atoms with Gasteiger partial charge in [-0.2, -0.15) is 4.57 Å². The number of aromatic nitrogens is 2. The minimum Gasteiger partial charge on any atom is -0.335 e. The molecule has 1 fully saturated rings. The van der Waals surface area contributed by atoms with Gasteiger partial charge in [0.2, 0.25) is 5.52 Å². The SMILES string of the molecule is C[n+]1cccc2c1c1ccccc1n2CCCCCC1CCCCC1. The van der Waals surface area contributed by atoms with Crippen LogP contribution in [0.2, 0.25) is 0 Å². The van der Waals surface area contributed by atoms with Crippen LogP contribution in [-0.2, 0) is 13.6 Å². The number of aryl methyl sites for hydroxylation is 2. The van der Waals surface area contributed by atoms with Gasteiger partial charge in [0.25, 0.3) is 0 Å². The summed E-state index contributed by atoms with van der Waals surface area (Å²) in [6, 6.07) is 13.3. The van der Waals surface area contributed by atoms with Gasteiger partial charge in [0, 0.05) is 12.6 Å². The van der Waals surface area contributed by atoms with E-state index in [1.165, 1.54) is 79.7 Å². The van der Waals surface area contributed by atoms with Crippen molar-refractivity contribution in [3.8, 4) is 0 Å². The summed E-state index contributed by atoms with van der Waals surface area (Å²) in [5.41, 5.74) is 4.12. The molecule has 2 heteroatoms. The van der Waals surface area contributed by atoms with Gasteiger partial charge in [-0.1, -0.05) is 63.5 Å². The van der Waals surface area contributed by atoms with E-state index in [0.717, 1.165) is 12.5 Å². The Hall–Kier alpha value is -1.83. The molecule has 132 valence electrons. The van der Waals surface area contributed by atoms with Gasteiger partial charge in [-0.05, 0) is 30.5 Å². The third kappa shape index (κ3) is 3.44. The number of unbranched alkanes of at least 4 members (excludes halogenated alkanes) is 2. The maximum Gasteiger partial charge on any atom is 0.238 e. The van der Waals surface area contributed by atoms with Crippen LogP contribution in [0.4, 0.5) is 0 Å². The molecule has 2 nitrogen and oxygen atoms in total. The van der Waals surface area contributed by atoms with Crippen LogP contribution in [-0.4, -0.2) is 4.57 Å². The van der Waals surface area contributed by atoms with Crippen LogP contribution in [0, 0.1) is 5.92 Å². The lowest BCUT2D eigenvalue weighted by molar-refractivity contribution is -0.644. The fourth-order valence-electron chi connectivity index (χ4n) is 4.78. The van der Waals surface area contributed by atoms with Gasteiger partial charge < -0.3 is 4.57 Å². The van der Waals surface area contributed by atoms with Crippen LogP contribution in [0.15, 0.2) is 42.6 Å². The average Bonchev–Trinajstić information content (AvgIpc) is 2.98. The Morgan fingerprint density at radius 2 is 1.72 bits per heavy atom. The molecule has 0 N–H and O–H groups in total. The molecule has 0 atom stereocenters. The first-order valence-corrected chi connectivity index (χ1v) is 10.2. The molecule has 0 unspecified atom stereocenters. The lowest BCUT2D eigenvalue weighted by Crippen LogP contribution is -2.27. The van der Waals surface area contributed by atoms with E-state index in [1.807, 2.05) is 0 Å². The molecule has 0 aliphatic heterocycles. The van der Waals surface area contributed by atoms with Crippen LogP contribution in [0.5, 0.6) is 0 Å². The molecule has 1 aliphatic carbocycles. The topological polar surface area (TPSA) is 8.81 Å². The molecule has 0 amide bonds. The maximum atomic E-state index is 2.53. The lowest BCUT2D eigenvalue weighted by Gasteiger charge is -2.21. The molecule has 0 spiro atoms. The highest BCUT2D eigenvalue weighted by molar-refractivity contribution is 6.03. The highest BCUT2D eigenvalue weighted by Gasteiger charge is 2.17. The molecule has 0 radical (unpaired) electrons. The normalized spacial score (nSPS) is 16.0. The van der Waals surface area contributed by atoms with Crippen molar-refractivity contribution >= 4 is 21.9 Å². The van der Waals surface area contributed by atoms with Gasteiger partial charge in [-0.25, -0.2) is 0 Å². The number of nitrogens with zero attached hydrogens (tertiary/aromatic N) is 2. The molecule has 25 heavy (non-hydrogen) atoms. The quantitative estimate of drug-likeness (QED) is 0.400. The molecule has 0 saturated heterocycles. The van der Waals surface area contributed by atoms with Gasteiger partial charge in [-0.3, -0.25) is 0 Å². The second-order valence-corrected chi connectivity index (χ2v) is 7.88. The first kappa shape index (κ1) is 16.6. The predicted octanol–water partition coefficient (Wildman–Crippen LogP) is 5.76. The van der Waals surface area contributed by atoms with Gasteiger partial charge in [-0.15, -0.1) is 0 Å². The minimum atomic E-state index is 1.03. The average molecular weight is 336 g/mol. The fraction of sp³-hybridized carbons (Fsp3) is 0.522. The maximum absolute atomic E-state index is 2.53. The summed E-state index contributed by atoms with van der Waals surface area (Å²) in [7, 11) is 2.16. The first-order chi connectivity index (χ1) is 12.3. The minimum absolute atomic E-state index is 1.03. The van der Waals surface area contributed by atoms with Crippen molar-refractivity contribution in [3.63, 3.8) is 0 Å². The van der Waals surface area contributed by atoms with Crippen molar-refractivity contribution in [2.24, 2.45) is 13.0 Å². The molecule has 2 heterocycles. The summed E-state index contributed by atoms with van der Waals surface area (Å²) in [6.07, 6.45) is 15.1. The van der Waals surface area contributed by atoms with Crippen molar-refractivity contribution in [1.82, 2.24) is 4.57 Å². The molecule has 3 aromatic rings. The van der Waals surface area contributed by atoms with Crippen molar-refractivity contribution < 1.29 is 4.57 Å². The highest BCUT2D eigenvalue weighted by atomic mass is 15.0. The summed E-state index contributed by atoms with van der Waals surface area (Å²) >= 11 is 0. The van der Waals surface area contributed by atoms with E-state index in [0.29, 0.717) is 0 Å². The number of fused-ring (bicyclic) bond motifs is 3. The molecule has 1 saturated carbocycles. The van der Waals surface area contributed by atoms with E-state index in [9.17, 15) is 0 Å². The van der Waals surface area contributed by atoms with E-state index in [-0.39, 0.29) is 0 Å². The molecule has 1 aromatic carbocycles. The molecule has 0 bridgehead atoms. The van der Waals surface area contributed by atoms with Crippen molar-refractivity contribution in [2.45, 2.75) is 64.3 Å². The molecular weight excluding hydrogens is 304 g/mol. The number of hydrogen-bond acceptors (Lipinski definition) is 0. The summed E-state index contributed by atoms with van der Waals surface area (Å²) in [6.45, 7) is 1.14. The Bertz CT molecular complexity index is 840. The number of hydrogen-bond donors (Lipinski definition) is 0. The third-order valence-electron chi connectivity index (χ3n) is 6.12. The van der Waals surface area contributed by atoms with Gasteiger partial charge in [0.15, 0.2) is 6.20 Å².